The molecule has 1 aromatic rings. The highest BCUT2D eigenvalue weighted by Gasteiger charge is 2.41. The van der Waals surface area contributed by atoms with E-state index < -0.39 is 23.4 Å². The molecule has 0 unspecified atom stereocenters. The molecule has 5 nitrogen and oxygen atoms in total. The molecule has 6 heteroatoms. The number of rotatable bonds is 4. The van der Waals surface area contributed by atoms with Gasteiger partial charge >= 0.3 is 5.97 Å². The molecule has 1 saturated carbocycles. The van der Waals surface area contributed by atoms with Gasteiger partial charge in [-0.05, 0) is 25.0 Å². The fourth-order valence-corrected chi connectivity index (χ4v) is 3.04. The third-order valence-electron chi connectivity index (χ3n) is 4.21. The molecule has 1 amide bonds. The second-order valence-corrected chi connectivity index (χ2v) is 5.57. The molecule has 1 aromatic heterocycles. The van der Waals surface area contributed by atoms with Crippen LogP contribution in [0.15, 0.2) is 18.2 Å². The summed E-state index contributed by atoms with van der Waals surface area (Å²) in [5.41, 5.74) is -0.692. The number of nitrogens with zero attached hydrogens (tertiary/aromatic N) is 2. The van der Waals surface area contributed by atoms with Crippen molar-refractivity contribution in [3.63, 3.8) is 0 Å². The predicted molar refractivity (Wildman–Crippen MR) is 74.4 cm³/mol. The monoisotopic (exact) mass is 294 g/mol. The summed E-state index contributed by atoms with van der Waals surface area (Å²) in [7, 11) is 1.59. The highest BCUT2D eigenvalue weighted by Crippen LogP contribution is 2.36. The Hall–Kier alpha value is -1.98. The summed E-state index contributed by atoms with van der Waals surface area (Å²) < 4.78 is 13.2. The lowest BCUT2D eigenvalue weighted by atomic mass is 9.78. The van der Waals surface area contributed by atoms with Crippen molar-refractivity contribution in [1.82, 2.24) is 9.88 Å². The van der Waals surface area contributed by atoms with Gasteiger partial charge in [0.2, 0.25) is 5.95 Å². The average Bonchev–Trinajstić information content (AvgIpc) is 2.46. The van der Waals surface area contributed by atoms with Crippen LogP contribution in [-0.2, 0) is 4.79 Å². The molecule has 114 valence electrons. The van der Waals surface area contributed by atoms with E-state index in [9.17, 15) is 14.0 Å². The molecular formula is C15H19FN2O3. The van der Waals surface area contributed by atoms with Crippen molar-refractivity contribution in [2.45, 2.75) is 44.1 Å². The van der Waals surface area contributed by atoms with Gasteiger partial charge in [0, 0.05) is 7.05 Å². The van der Waals surface area contributed by atoms with E-state index in [4.69, 9.17) is 5.11 Å². The van der Waals surface area contributed by atoms with Gasteiger partial charge in [-0.3, -0.25) is 9.59 Å². The number of hydrogen-bond donors (Lipinski definition) is 1. The third-order valence-corrected chi connectivity index (χ3v) is 4.21. The van der Waals surface area contributed by atoms with Gasteiger partial charge in [0.1, 0.15) is 5.69 Å². The van der Waals surface area contributed by atoms with Crippen LogP contribution in [0.25, 0.3) is 0 Å². The van der Waals surface area contributed by atoms with Crippen LogP contribution in [0.3, 0.4) is 0 Å². The lowest BCUT2D eigenvalue weighted by Gasteiger charge is -2.43. The number of carbonyl (C=O) groups is 2. The topological polar surface area (TPSA) is 70.5 Å². The first kappa shape index (κ1) is 15.4. The second-order valence-electron chi connectivity index (χ2n) is 5.57. The largest absolute Gasteiger partial charge is 0.481 e. The van der Waals surface area contributed by atoms with Crippen molar-refractivity contribution >= 4 is 11.9 Å². The van der Waals surface area contributed by atoms with Crippen molar-refractivity contribution in [2.24, 2.45) is 0 Å². The highest BCUT2D eigenvalue weighted by molar-refractivity contribution is 5.93. The zero-order chi connectivity index (χ0) is 15.5. The molecule has 0 saturated heterocycles. The Morgan fingerprint density at radius 1 is 1.33 bits per heavy atom. The van der Waals surface area contributed by atoms with Gasteiger partial charge in [0.05, 0.1) is 12.0 Å². The van der Waals surface area contributed by atoms with Gasteiger partial charge in [-0.15, -0.1) is 0 Å². The lowest BCUT2D eigenvalue weighted by Crippen LogP contribution is -2.52. The Kier molecular flexibility index (Phi) is 4.55. The van der Waals surface area contributed by atoms with E-state index in [1.807, 2.05) is 0 Å². The number of carboxylic acid groups (broad SMARTS) is 1. The first-order chi connectivity index (χ1) is 9.94. The SMILES string of the molecule is CN(C(=O)c1cccc(F)n1)C1(CC(=O)O)CCCCC1. The molecule has 1 aliphatic rings. The summed E-state index contributed by atoms with van der Waals surface area (Å²) in [6, 6.07) is 4.04. The fraction of sp³-hybridized carbons (Fsp3) is 0.533. The normalized spacial score (nSPS) is 17.2. The number of halogens is 1. The van der Waals surface area contributed by atoms with Crippen molar-refractivity contribution < 1.29 is 19.1 Å². The zero-order valence-corrected chi connectivity index (χ0v) is 12.0. The minimum absolute atomic E-state index is 0.00726. The maximum atomic E-state index is 13.2. The molecule has 0 aliphatic heterocycles. The van der Waals surface area contributed by atoms with Gasteiger partial charge in [-0.25, -0.2) is 4.98 Å². The second kappa shape index (κ2) is 6.20. The highest BCUT2D eigenvalue weighted by atomic mass is 19.1. The average molecular weight is 294 g/mol. The quantitative estimate of drug-likeness (QED) is 0.866. The molecule has 0 atom stereocenters. The molecule has 1 N–H and O–H groups in total. The van der Waals surface area contributed by atoms with Crippen LogP contribution in [0, 0.1) is 5.95 Å². The van der Waals surface area contributed by atoms with Crippen molar-refractivity contribution in [3.8, 4) is 0 Å². The first-order valence-electron chi connectivity index (χ1n) is 7.07. The number of amides is 1. The van der Waals surface area contributed by atoms with E-state index in [0.29, 0.717) is 12.8 Å². The Labute approximate surface area is 122 Å². The number of carboxylic acids is 1. The third kappa shape index (κ3) is 3.37. The summed E-state index contributed by atoms with van der Waals surface area (Å²) >= 11 is 0. The molecule has 0 spiro atoms. The van der Waals surface area contributed by atoms with Crippen LogP contribution in [0.1, 0.15) is 49.0 Å². The Balaban J connectivity index is 2.27. The van der Waals surface area contributed by atoms with Crippen LogP contribution < -0.4 is 0 Å². The molecule has 0 bridgehead atoms. The molecule has 0 radical (unpaired) electrons. The molecular weight excluding hydrogens is 275 g/mol. The van der Waals surface area contributed by atoms with Crippen LogP contribution in [0.2, 0.25) is 0 Å². The molecule has 1 aliphatic carbocycles. The Morgan fingerprint density at radius 3 is 2.57 bits per heavy atom. The Morgan fingerprint density at radius 2 is 2.00 bits per heavy atom. The van der Waals surface area contributed by atoms with Crippen LogP contribution in [0.5, 0.6) is 0 Å². The van der Waals surface area contributed by atoms with Crippen LogP contribution in [0.4, 0.5) is 4.39 Å². The number of aliphatic carboxylic acids is 1. The standard InChI is InChI=1S/C15H19FN2O3/c1-18(14(21)11-6-5-7-12(16)17-11)15(10-13(19)20)8-3-2-4-9-15/h5-7H,2-4,8-10H2,1H3,(H,19,20). The minimum Gasteiger partial charge on any atom is -0.481 e. The summed E-state index contributed by atoms with van der Waals surface area (Å²) in [4.78, 5) is 28.7. The summed E-state index contributed by atoms with van der Waals surface area (Å²) in [5.74, 6) is -2.08. The fourth-order valence-electron chi connectivity index (χ4n) is 3.04. The number of hydrogen-bond acceptors (Lipinski definition) is 3. The molecule has 2 rings (SSSR count). The first-order valence-corrected chi connectivity index (χ1v) is 7.07. The van der Waals surface area contributed by atoms with Crippen molar-refractivity contribution in [1.29, 1.82) is 0 Å². The Bertz CT molecular complexity index is 541. The van der Waals surface area contributed by atoms with Crippen LogP contribution in [-0.4, -0.2) is 39.5 Å². The van der Waals surface area contributed by atoms with Crippen LogP contribution >= 0.6 is 0 Å². The smallest absolute Gasteiger partial charge is 0.305 e. The maximum Gasteiger partial charge on any atom is 0.305 e. The lowest BCUT2D eigenvalue weighted by molar-refractivity contribution is -0.140. The van der Waals surface area contributed by atoms with Gasteiger partial charge in [0.25, 0.3) is 5.91 Å². The predicted octanol–water partition coefficient (Wildman–Crippen LogP) is 2.47. The summed E-state index contributed by atoms with van der Waals surface area (Å²) in [5, 5.41) is 9.16. The van der Waals surface area contributed by atoms with Gasteiger partial charge in [-0.2, -0.15) is 4.39 Å². The van der Waals surface area contributed by atoms with Gasteiger partial charge < -0.3 is 10.0 Å². The van der Waals surface area contributed by atoms with E-state index >= 15 is 0 Å². The van der Waals surface area contributed by atoms with E-state index in [1.165, 1.54) is 23.1 Å². The zero-order valence-electron chi connectivity index (χ0n) is 12.0. The van der Waals surface area contributed by atoms with Crippen molar-refractivity contribution in [3.05, 3.63) is 29.8 Å². The molecule has 1 fully saturated rings. The van der Waals surface area contributed by atoms with E-state index in [0.717, 1.165) is 19.3 Å². The van der Waals surface area contributed by atoms with E-state index in [1.54, 1.807) is 7.05 Å². The minimum atomic E-state index is -0.927. The summed E-state index contributed by atoms with van der Waals surface area (Å²) in [6.45, 7) is 0. The number of carbonyl (C=O) groups excluding carboxylic acids is 1. The number of aromatic nitrogens is 1. The molecule has 21 heavy (non-hydrogen) atoms. The van der Waals surface area contributed by atoms with Gasteiger partial charge in [-0.1, -0.05) is 25.3 Å². The maximum absolute atomic E-state index is 13.2. The molecule has 0 aromatic carbocycles. The van der Waals surface area contributed by atoms with E-state index in [2.05, 4.69) is 4.98 Å². The number of pyridine rings is 1. The van der Waals surface area contributed by atoms with Crippen molar-refractivity contribution in [2.75, 3.05) is 7.05 Å². The van der Waals surface area contributed by atoms with E-state index in [-0.39, 0.29) is 12.1 Å². The molecule has 1 heterocycles. The summed E-state index contributed by atoms with van der Waals surface area (Å²) in [6.07, 6.45) is 4.03. The van der Waals surface area contributed by atoms with Gasteiger partial charge in [0.15, 0.2) is 0 Å².